The SMILES string of the molecule is Cc1nnc(SCC(=O)NCc2cccc3c2OCCO3)n1Cc1ccccc1. The average molecular weight is 410 g/mol. The maximum atomic E-state index is 12.4. The first kappa shape index (κ1) is 19.3. The minimum Gasteiger partial charge on any atom is -0.486 e. The normalized spacial score (nSPS) is 12.6. The zero-order chi connectivity index (χ0) is 20.1. The number of aryl methyl sites for hydroxylation is 1. The molecule has 150 valence electrons. The quantitative estimate of drug-likeness (QED) is 0.604. The van der Waals surface area contributed by atoms with Crippen LogP contribution in [0.25, 0.3) is 0 Å². The van der Waals surface area contributed by atoms with Crippen LogP contribution in [0.4, 0.5) is 0 Å². The molecule has 0 spiro atoms. The van der Waals surface area contributed by atoms with Crippen LogP contribution >= 0.6 is 11.8 Å². The molecule has 0 radical (unpaired) electrons. The monoisotopic (exact) mass is 410 g/mol. The van der Waals surface area contributed by atoms with E-state index in [1.165, 1.54) is 11.8 Å². The Hall–Kier alpha value is -3.00. The van der Waals surface area contributed by atoms with Crippen molar-refractivity contribution in [3.8, 4) is 11.5 Å². The number of nitrogens with zero attached hydrogens (tertiary/aromatic N) is 3. The molecular formula is C21H22N4O3S. The molecule has 1 aromatic heterocycles. The standard InChI is InChI=1S/C21H22N4O3S/c1-15-23-24-21(25(15)13-16-6-3-2-4-7-16)29-14-19(26)22-12-17-8-5-9-18-20(17)28-11-10-27-18/h2-9H,10-14H2,1H3,(H,22,26). The van der Waals surface area contributed by atoms with E-state index in [1.54, 1.807) is 0 Å². The van der Waals surface area contributed by atoms with Crippen LogP contribution in [-0.4, -0.2) is 39.6 Å². The Morgan fingerprint density at radius 3 is 2.79 bits per heavy atom. The van der Waals surface area contributed by atoms with E-state index in [1.807, 2.05) is 47.9 Å². The van der Waals surface area contributed by atoms with Crippen LogP contribution in [0.1, 0.15) is 17.0 Å². The summed E-state index contributed by atoms with van der Waals surface area (Å²) in [7, 11) is 0. The van der Waals surface area contributed by atoms with Crippen LogP contribution in [0.15, 0.2) is 53.7 Å². The van der Waals surface area contributed by atoms with Crippen molar-refractivity contribution in [3.63, 3.8) is 0 Å². The zero-order valence-electron chi connectivity index (χ0n) is 16.1. The molecule has 0 fully saturated rings. The van der Waals surface area contributed by atoms with Gasteiger partial charge in [-0.2, -0.15) is 0 Å². The number of benzene rings is 2. The lowest BCUT2D eigenvalue weighted by molar-refractivity contribution is -0.118. The van der Waals surface area contributed by atoms with Gasteiger partial charge < -0.3 is 19.4 Å². The molecule has 7 nitrogen and oxygen atoms in total. The molecule has 0 unspecified atom stereocenters. The van der Waals surface area contributed by atoms with Gasteiger partial charge in [0.15, 0.2) is 16.7 Å². The highest BCUT2D eigenvalue weighted by Gasteiger charge is 2.16. The Morgan fingerprint density at radius 1 is 1.10 bits per heavy atom. The van der Waals surface area contributed by atoms with Crippen LogP contribution in [0.2, 0.25) is 0 Å². The summed E-state index contributed by atoms with van der Waals surface area (Å²) < 4.78 is 13.3. The number of hydrogen-bond donors (Lipinski definition) is 1. The van der Waals surface area contributed by atoms with Gasteiger partial charge in [-0.1, -0.05) is 54.2 Å². The molecule has 1 aliphatic heterocycles. The average Bonchev–Trinajstić information content (AvgIpc) is 3.10. The summed E-state index contributed by atoms with van der Waals surface area (Å²) >= 11 is 1.38. The predicted octanol–water partition coefficient (Wildman–Crippen LogP) is 2.81. The van der Waals surface area contributed by atoms with Crippen LogP contribution in [0.3, 0.4) is 0 Å². The lowest BCUT2D eigenvalue weighted by atomic mass is 10.1. The molecule has 3 aromatic rings. The molecular weight excluding hydrogens is 388 g/mol. The molecule has 0 bridgehead atoms. The summed E-state index contributed by atoms with van der Waals surface area (Å²) in [5, 5.41) is 12.1. The highest BCUT2D eigenvalue weighted by molar-refractivity contribution is 7.99. The first-order valence-electron chi connectivity index (χ1n) is 9.41. The first-order chi connectivity index (χ1) is 14.2. The highest BCUT2D eigenvalue weighted by atomic mass is 32.2. The Bertz CT molecular complexity index is 991. The van der Waals surface area contributed by atoms with E-state index in [9.17, 15) is 4.79 Å². The Balaban J connectivity index is 1.34. The Labute approximate surface area is 173 Å². The van der Waals surface area contributed by atoms with E-state index in [2.05, 4.69) is 27.6 Å². The van der Waals surface area contributed by atoms with Gasteiger partial charge in [-0.05, 0) is 18.6 Å². The van der Waals surface area contributed by atoms with Gasteiger partial charge in [0.25, 0.3) is 0 Å². The van der Waals surface area contributed by atoms with E-state index in [0.29, 0.717) is 32.1 Å². The van der Waals surface area contributed by atoms with Gasteiger partial charge in [0.2, 0.25) is 5.91 Å². The number of thioether (sulfide) groups is 1. The fourth-order valence-corrected chi connectivity index (χ4v) is 3.88. The van der Waals surface area contributed by atoms with Crippen LogP contribution in [-0.2, 0) is 17.9 Å². The van der Waals surface area contributed by atoms with Crippen molar-refractivity contribution in [1.29, 1.82) is 0 Å². The van der Waals surface area contributed by atoms with E-state index in [4.69, 9.17) is 9.47 Å². The molecule has 4 rings (SSSR count). The third-order valence-electron chi connectivity index (χ3n) is 4.54. The smallest absolute Gasteiger partial charge is 0.230 e. The lowest BCUT2D eigenvalue weighted by Gasteiger charge is -2.21. The summed E-state index contributed by atoms with van der Waals surface area (Å²) in [4.78, 5) is 12.4. The minimum absolute atomic E-state index is 0.0729. The van der Waals surface area contributed by atoms with Crippen molar-refractivity contribution >= 4 is 17.7 Å². The van der Waals surface area contributed by atoms with Gasteiger partial charge in [-0.3, -0.25) is 4.79 Å². The van der Waals surface area contributed by atoms with Crippen molar-refractivity contribution in [2.45, 2.75) is 25.2 Å². The summed E-state index contributed by atoms with van der Waals surface area (Å²) in [6, 6.07) is 15.8. The van der Waals surface area contributed by atoms with Crippen LogP contribution < -0.4 is 14.8 Å². The van der Waals surface area contributed by atoms with Gasteiger partial charge in [0, 0.05) is 12.1 Å². The molecule has 29 heavy (non-hydrogen) atoms. The van der Waals surface area contributed by atoms with E-state index < -0.39 is 0 Å². The predicted molar refractivity (Wildman–Crippen MR) is 110 cm³/mol. The topological polar surface area (TPSA) is 78.3 Å². The number of rotatable bonds is 7. The van der Waals surface area contributed by atoms with Gasteiger partial charge in [0.1, 0.15) is 19.0 Å². The van der Waals surface area contributed by atoms with E-state index >= 15 is 0 Å². The molecule has 1 aliphatic rings. The number of amides is 1. The van der Waals surface area contributed by atoms with E-state index in [0.717, 1.165) is 27.9 Å². The maximum absolute atomic E-state index is 12.4. The highest BCUT2D eigenvalue weighted by Crippen LogP contribution is 2.33. The first-order valence-corrected chi connectivity index (χ1v) is 10.4. The molecule has 8 heteroatoms. The van der Waals surface area contributed by atoms with Gasteiger partial charge in [0.05, 0.1) is 12.3 Å². The fraction of sp³-hybridized carbons (Fsp3) is 0.286. The van der Waals surface area contributed by atoms with Gasteiger partial charge in [-0.25, -0.2) is 0 Å². The van der Waals surface area contributed by atoms with Crippen molar-refractivity contribution < 1.29 is 14.3 Å². The molecule has 0 aliphatic carbocycles. The molecule has 1 N–H and O–H groups in total. The second-order valence-electron chi connectivity index (χ2n) is 6.61. The number of fused-ring (bicyclic) bond motifs is 1. The molecule has 0 saturated heterocycles. The van der Waals surface area contributed by atoms with Crippen molar-refractivity contribution in [1.82, 2.24) is 20.1 Å². The summed E-state index contributed by atoms with van der Waals surface area (Å²) in [6.45, 7) is 4.05. The number of ether oxygens (including phenoxy) is 2. The Kier molecular flexibility index (Phi) is 6.00. The number of carbonyl (C=O) groups is 1. The third kappa shape index (κ3) is 4.71. The summed E-state index contributed by atoms with van der Waals surface area (Å²) in [5.41, 5.74) is 2.07. The van der Waals surface area contributed by atoms with Gasteiger partial charge in [-0.15, -0.1) is 10.2 Å². The molecule has 1 amide bonds. The molecule has 0 saturated carbocycles. The maximum Gasteiger partial charge on any atom is 0.230 e. The minimum atomic E-state index is -0.0729. The largest absolute Gasteiger partial charge is 0.486 e. The third-order valence-corrected chi connectivity index (χ3v) is 5.51. The zero-order valence-corrected chi connectivity index (χ0v) is 16.9. The number of hydrogen-bond acceptors (Lipinski definition) is 6. The molecule has 2 heterocycles. The second-order valence-corrected chi connectivity index (χ2v) is 7.55. The van der Waals surface area contributed by atoms with Crippen LogP contribution in [0, 0.1) is 6.92 Å². The molecule has 0 atom stereocenters. The summed E-state index contributed by atoms with van der Waals surface area (Å²) in [6.07, 6.45) is 0. The number of aromatic nitrogens is 3. The fourth-order valence-electron chi connectivity index (χ4n) is 3.06. The van der Waals surface area contributed by atoms with Gasteiger partial charge >= 0.3 is 0 Å². The van der Waals surface area contributed by atoms with Crippen molar-refractivity contribution in [2.75, 3.05) is 19.0 Å². The van der Waals surface area contributed by atoms with Crippen LogP contribution in [0.5, 0.6) is 11.5 Å². The molecule has 2 aromatic carbocycles. The number of carbonyl (C=O) groups excluding carboxylic acids is 1. The van der Waals surface area contributed by atoms with E-state index in [-0.39, 0.29) is 11.7 Å². The number of nitrogens with one attached hydrogen (secondary N) is 1. The van der Waals surface area contributed by atoms with Crippen molar-refractivity contribution in [3.05, 3.63) is 65.5 Å². The lowest BCUT2D eigenvalue weighted by Crippen LogP contribution is -2.26. The second kappa shape index (κ2) is 9.00. The summed E-state index contributed by atoms with van der Waals surface area (Å²) in [5.74, 6) is 2.45. The number of para-hydroxylation sites is 1. The van der Waals surface area contributed by atoms with Crippen molar-refractivity contribution in [2.24, 2.45) is 0 Å². The Morgan fingerprint density at radius 2 is 1.93 bits per heavy atom.